The van der Waals surface area contributed by atoms with Crippen LogP contribution in [0, 0.1) is 18.7 Å². The molecule has 1 N–H and O–H groups in total. The first-order valence-electron chi connectivity index (χ1n) is 7.45. The molecule has 0 aromatic heterocycles. The SMILES string of the molecule is CCN1CCC(C(C)Nc2cc(F)c(Br)cc2C)CC1. The van der Waals surface area contributed by atoms with Gasteiger partial charge < -0.3 is 10.2 Å². The second-order valence-electron chi connectivity index (χ2n) is 5.79. The lowest BCUT2D eigenvalue weighted by Crippen LogP contribution is -2.39. The summed E-state index contributed by atoms with van der Waals surface area (Å²) < 4.78 is 14.2. The molecule has 1 atom stereocenters. The highest BCUT2D eigenvalue weighted by atomic mass is 79.9. The number of likely N-dealkylation sites (tertiary alicyclic amines) is 1. The molecule has 1 aromatic rings. The van der Waals surface area contributed by atoms with E-state index in [0.717, 1.165) is 17.8 Å². The van der Waals surface area contributed by atoms with E-state index in [-0.39, 0.29) is 5.82 Å². The van der Waals surface area contributed by atoms with Crippen molar-refractivity contribution in [2.75, 3.05) is 25.0 Å². The molecule has 112 valence electrons. The van der Waals surface area contributed by atoms with Gasteiger partial charge in [0.05, 0.1) is 4.47 Å². The summed E-state index contributed by atoms with van der Waals surface area (Å²) in [6.07, 6.45) is 2.44. The van der Waals surface area contributed by atoms with Crippen LogP contribution < -0.4 is 5.32 Å². The Morgan fingerprint density at radius 2 is 2.05 bits per heavy atom. The van der Waals surface area contributed by atoms with Crippen LogP contribution in [0.3, 0.4) is 0 Å². The van der Waals surface area contributed by atoms with Crippen molar-refractivity contribution < 1.29 is 4.39 Å². The van der Waals surface area contributed by atoms with Crippen LogP contribution >= 0.6 is 15.9 Å². The van der Waals surface area contributed by atoms with E-state index in [9.17, 15) is 4.39 Å². The van der Waals surface area contributed by atoms with Crippen molar-refractivity contribution in [3.8, 4) is 0 Å². The molecule has 20 heavy (non-hydrogen) atoms. The number of halogens is 2. The van der Waals surface area contributed by atoms with E-state index in [1.54, 1.807) is 6.07 Å². The van der Waals surface area contributed by atoms with Crippen LogP contribution in [0.2, 0.25) is 0 Å². The smallest absolute Gasteiger partial charge is 0.139 e. The van der Waals surface area contributed by atoms with Crippen LogP contribution in [-0.2, 0) is 0 Å². The van der Waals surface area contributed by atoms with Crippen LogP contribution in [0.25, 0.3) is 0 Å². The van der Waals surface area contributed by atoms with Crippen molar-refractivity contribution in [3.05, 3.63) is 28.0 Å². The molecular weight excluding hydrogens is 319 g/mol. The fourth-order valence-corrected chi connectivity index (χ4v) is 3.39. The Morgan fingerprint density at radius 1 is 1.40 bits per heavy atom. The van der Waals surface area contributed by atoms with E-state index < -0.39 is 0 Å². The van der Waals surface area contributed by atoms with Crippen molar-refractivity contribution in [1.29, 1.82) is 0 Å². The number of rotatable bonds is 4. The van der Waals surface area contributed by atoms with Gasteiger partial charge in [0.1, 0.15) is 5.82 Å². The maximum Gasteiger partial charge on any atom is 0.139 e. The van der Waals surface area contributed by atoms with Gasteiger partial charge in [0, 0.05) is 11.7 Å². The number of hydrogen-bond donors (Lipinski definition) is 1. The number of piperidine rings is 1. The molecule has 0 amide bonds. The van der Waals surface area contributed by atoms with E-state index >= 15 is 0 Å². The van der Waals surface area contributed by atoms with Gasteiger partial charge in [-0.15, -0.1) is 0 Å². The summed E-state index contributed by atoms with van der Waals surface area (Å²) in [5, 5.41) is 3.50. The molecule has 2 rings (SSSR count). The van der Waals surface area contributed by atoms with Crippen LogP contribution in [0.1, 0.15) is 32.3 Å². The molecule has 1 aliphatic rings. The summed E-state index contributed by atoms with van der Waals surface area (Å²) in [5.41, 5.74) is 1.99. The van der Waals surface area contributed by atoms with Gasteiger partial charge in [0.2, 0.25) is 0 Å². The summed E-state index contributed by atoms with van der Waals surface area (Å²) in [5.74, 6) is 0.468. The normalized spacial score (nSPS) is 19.1. The summed E-state index contributed by atoms with van der Waals surface area (Å²) in [7, 11) is 0. The zero-order valence-electron chi connectivity index (χ0n) is 12.5. The highest BCUT2D eigenvalue weighted by Crippen LogP contribution is 2.27. The molecule has 1 aromatic carbocycles. The van der Waals surface area contributed by atoms with E-state index in [0.29, 0.717) is 16.4 Å². The van der Waals surface area contributed by atoms with Gasteiger partial charge in [0.15, 0.2) is 0 Å². The van der Waals surface area contributed by atoms with Crippen LogP contribution in [0.5, 0.6) is 0 Å². The summed E-state index contributed by atoms with van der Waals surface area (Å²) in [6, 6.07) is 3.81. The highest BCUT2D eigenvalue weighted by Gasteiger charge is 2.23. The van der Waals surface area contributed by atoms with E-state index in [2.05, 4.69) is 40.0 Å². The first-order valence-corrected chi connectivity index (χ1v) is 8.25. The molecule has 0 saturated carbocycles. The Bertz CT molecular complexity index is 456. The van der Waals surface area contributed by atoms with Crippen molar-refractivity contribution in [2.45, 2.75) is 39.7 Å². The van der Waals surface area contributed by atoms with Crippen LogP contribution in [0.4, 0.5) is 10.1 Å². The van der Waals surface area contributed by atoms with Crippen molar-refractivity contribution in [1.82, 2.24) is 4.90 Å². The monoisotopic (exact) mass is 342 g/mol. The lowest BCUT2D eigenvalue weighted by atomic mass is 9.90. The molecule has 0 spiro atoms. The van der Waals surface area contributed by atoms with Gasteiger partial charge >= 0.3 is 0 Å². The number of benzene rings is 1. The van der Waals surface area contributed by atoms with E-state index in [4.69, 9.17) is 0 Å². The molecule has 0 radical (unpaired) electrons. The summed E-state index contributed by atoms with van der Waals surface area (Å²) in [4.78, 5) is 2.49. The molecule has 1 saturated heterocycles. The third-order valence-electron chi connectivity index (χ3n) is 4.44. The minimum atomic E-state index is -0.203. The van der Waals surface area contributed by atoms with Crippen molar-refractivity contribution >= 4 is 21.6 Å². The Balaban J connectivity index is 1.98. The number of anilines is 1. The predicted molar refractivity (Wildman–Crippen MR) is 86.8 cm³/mol. The van der Waals surface area contributed by atoms with Crippen molar-refractivity contribution in [3.63, 3.8) is 0 Å². The molecule has 1 aliphatic heterocycles. The number of aryl methyl sites for hydroxylation is 1. The molecule has 0 aliphatic carbocycles. The van der Waals surface area contributed by atoms with Gasteiger partial charge in [-0.05, 0) is 85.9 Å². The fraction of sp³-hybridized carbons (Fsp3) is 0.625. The Morgan fingerprint density at radius 3 is 2.65 bits per heavy atom. The summed E-state index contributed by atoms with van der Waals surface area (Å²) >= 11 is 3.23. The largest absolute Gasteiger partial charge is 0.382 e. The maximum atomic E-state index is 13.7. The highest BCUT2D eigenvalue weighted by molar-refractivity contribution is 9.10. The number of nitrogens with one attached hydrogen (secondary N) is 1. The average molecular weight is 343 g/mol. The number of nitrogens with zero attached hydrogens (tertiary/aromatic N) is 1. The average Bonchev–Trinajstić information content (AvgIpc) is 2.44. The second-order valence-corrected chi connectivity index (χ2v) is 6.64. The standard InChI is InChI=1S/C16H24BrFN2/c1-4-20-7-5-13(6-8-20)12(3)19-16-10-15(18)14(17)9-11(16)2/h9-10,12-13,19H,4-8H2,1-3H3. The van der Waals surface area contributed by atoms with Gasteiger partial charge in [-0.1, -0.05) is 6.92 Å². The zero-order chi connectivity index (χ0) is 14.7. The summed E-state index contributed by atoms with van der Waals surface area (Å²) in [6.45, 7) is 9.95. The number of hydrogen-bond acceptors (Lipinski definition) is 2. The zero-order valence-corrected chi connectivity index (χ0v) is 14.1. The molecule has 0 bridgehead atoms. The van der Waals surface area contributed by atoms with Crippen LogP contribution in [-0.4, -0.2) is 30.6 Å². The lowest BCUT2D eigenvalue weighted by molar-refractivity contribution is 0.183. The van der Waals surface area contributed by atoms with Gasteiger partial charge in [0.25, 0.3) is 0 Å². The molecule has 1 fully saturated rings. The molecule has 1 unspecified atom stereocenters. The fourth-order valence-electron chi connectivity index (χ4n) is 2.93. The Kier molecular flexibility index (Phi) is 5.44. The third-order valence-corrected chi connectivity index (χ3v) is 5.04. The topological polar surface area (TPSA) is 15.3 Å². The minimum Gasteiger partial charge on any atom is -0.382 e. The first kappa shape index (κ1) is 15.8. The Hall–Kier alpha value is -0.610. The Labute approximate surface area is 129 Å². The minimum absolute atomic E-state index is 0.203. The van der Waals surface area contributed by atoms with Gasteiger partial charge in [-0.2, -0.15) is 0 Å². The van der Waals surface area contributed by atoms with Gasteiger partial charge in [-0.25, -0.2) is 4.39 Å². The van der Waals surface area contributed by atoms with E-state index in [1.165, 1.54) is 25.9 Å². The van der Waals surface area contributed by atoms with Crippen molar-refractivity contribution in [2.24, 2.45) is 5.92 Å². The molecule has 1 heterocycles. The third kappa shape index (κ3) is 3.73. The maximum absolute atomic E-state index is 13.7. The second kappa shape index (κ2) is 6.90. The predicted octanol–water partition coefficient (Wildman–Crippen LogP) is 4.43. The van der Waals surface area contributed by atoms with Gasteiger partial charge in [-0.3, -0.25) is 0 Å². The lowest BCUT2D eigenvalue weighted by Gasteiger charge is -2.35. The quantitative estimate of drug-likeness (QED) is 0.870. The molecule has 4 heteroatoms. The van der Waals surface area contributed by atoms with Crippen LogP contribution in [0.15, 0.2) is 16.6 Å². The molecular formula is C16H24BrFN2. The first-order chi connectivity index (χ1) is 9.51. The molecule has 2 nitrogen and oxygen atoms in total. The van der Waals surface area contributed by atoms with E-state index in [1.807, 2.05) is 13.0 Å².